The van der Waals surface area contributed by atoms with Crippen molar-refractivity contribution < 1.29 is 28.0 Å². The highest BCUT2D eigenvalue weighted by Crippen LogP contribution is 2.57. The first-order valence-corrected chi connectivity index (χ1v) is 11.1. The number of ether oxygens (including phenoxy) is 1. The van der Waals surface area contributed by atoms with E-state index in [1.807, 2.05) is 20.8 Å². The quantitative estimate of drug-likeness (QED) is 0.616. The molecule has 0 radical (unpaired) electrons. The van der Waals surface area contributed by atoms with Crippen LogP contribution >= 0.6 is 7.82 Å². The van der Waals surface area contributed by atoms with Gasteiger partial charge in [0.05, 0.1) is 6.61 Å². The summed E-state index contributed by atoms with van der Waals surface area (Å²) in [6.07, 6.45) is -0.678. The topological polar surface area (TPSA) is 140 Å². The van der Waals surface area contributed by atoms with Crippen molar-refractivity contribution in [3.63, 3.8) is 0 Å². The molecule has 3 unspecified atom stereocenters. The van der Waals surface area contributed by atoms with Crippen molar-refractivity contribution >= 4 is 13.7 Å². The van der Waals surface area contributed by atoms with Crippen molar-refractivity contribution in [2.45, 2.75) is 65.0 Å². The van der Waals surface area contributed by atoms with Gasteiger partial charge in [0.2, 0.25) is 0 Å². The van der Waals surface area contributed by atoms with Crippen molar-refractivity contribution in [1.29, 1.82) is 0 Å². The van der Waals surface area contributed by atoms with Gasteiger partial charge in [-0.1, -0.05) is 20.8 Å². The van der Waals surface area contributed by atoms with Crippen molar-refractivity contribution in [2.75, 3.05) is 13.7 Å². The molecule has 168 valence electrons. The van der Waals surface area contributed by atoms with Crippen LogP contribution in [0.2, 0.25) is 0 Å². The van der Waals surface area contributed by atoms with Gasteiger partial charge in [-0.2, -0.15) is 0 Å². The van der Waals surface area contributed by atoms with Crippen LogP contribution in [0.15, 0.2) is 15.8 Å². The van der Waals surface area contributed by atoms with Crippen LogP contribution in [0.4, 0.5) is 0 Å². The van der Waals surface area contributed by atoms with Crippen molar-refractivity contribution in [2.24, 2.45) is 5.41 Å². The molecular formula is C18H28N3O8P. The number of likely N-dealkylation sites (N-methyl/N-ethyl adjacent to an activating group) is 1. The summed E-state index contributed by atoms with van der Waals surface area (Å²) in [4.78, 5) is 51.1. The maximum absolute atomic E-state index is 13.2. The summed E-state index contributed by atoms with van der Waals surface area (Å²) in [5.74, 6) is -0.408. The molecule has 1 amide bonds. The van der Waals surface area contributed by atoms with Crippen LogP contribution in [0, 0.1) is 12.3 Å². The standard InChI is InChI=1S/C18H28N3O8P/c1-7-27-30(25,26)29-12-11-14(21-8-10(2)13(22)19-16(21)24)28-18(12,9-17(3,4)5)15(23)20(11)6/h8,11-12,14H,7,9H2,1-6H3,(H,25,26)(H,19,22,24)/t11?,12?,14-,18-/m1/s1. The number of phosphoric ester groups is 1. The second-order valence-electron chi connectivity index (χ2n) is 8.93. The molecule has 11 nitrogen and oxygen atoms in total. The Bertz CT molecular complexity index is 1010. The van der Waals surface area contributed by atoms with E-state index < -0.39 is 54.4 Å². The molecule has 12 heteroatoms. The SMILES string of the molecule is CCOP(=O)(O)OC1C2[C@H](n3cc(C)c(=O)[nH]c3=O)O[C@@]1(CC(C)(C)C)C(=O)N2C. The summed E-state index contributed by atoms with van der Waals surface area (Å²) < 4.78 is 30.1. The molecule has 1 aromatic rings. The molecule has 2 aliphatic heterocycles. The van der Waals surface area contributed by atoms with E-state index in [0.29, 0.717) is 0 Å². The number of rotatable bonds is 6. The zero-order chi connectivity index (χ0) is 22.6. The predicted molar refractivity (Wildman–Crippen MR) is 106 cm³/mol. The maximum atomic E-state index is 13.2. The van der Waals surface area contributed by atoms with E-state index in [0.717, 1.165) is 0 Å². The Hall–Kier alpha value is -1.78. The van der Waals surface area contributed by atoms with Gasteiger partial charge in [0, 0.05) is 18.8 Å². The molecule has 0 spiro atoms. The molecule has 5 atom stereocenters. The smallest absolute Gasteiger partial charge is 0.336 e. The number of hydrogen-bond acceptors (Lipinski definition) is 7. The molecule has 0 saturated carbocycles. The molecule has 3 rings (SSSR count). The third-order valence-electron chi connectivity index (χ3n) is 5.27. The number of aromatic amines is 1. The summed E-state index contributed by atoms with van der Waals surface area (Å²) >= 11 is 0. The fourth-order valence-corrected chi connectivity index (χ4v) is 5.23. The largest absolute Gasteiger partial charge is 0.472 e. The van der Waals surface area contributed by atoms with E-state index >= 15 is 0 Å². The zero-order valence-corrected chi connectivity index (χ0v) is 18.8. The van der Waals surface area contributed by atoms with Crippen LogP contribution in [-0.4, -0.2) is 56.7 Å². The number of aromatic nitrogens is 2. The number of aryl methyl sites for hydroxylation is 1. The number of amides is 1. The molecule has 2 saturated heterocycles. The number of morpholine rings is 1. The van der Waals surface area contributed by atoms with E-state index in [4.69, 9.17) is 13.8 Å². The van der Waals surface area contributed by atoms with Gasteiger partial charge in [-0.25, -0.2) is 9.36 Å². The lowest BCUT2D eigenvalue weighted by Gasteiger charge is -2.38. The van der Waals surface area contributed by atoms with E-state index in [9.17, 15) is 23.8 Å². The average molecular weight is 445 g/mol. The molecule has 2 aliphatic rings. The Labute approximate surface area is 173 Å². The monoisotopic (exact) mass is 445 g/mol. The van der Waals surface area contributed by atoms with Crippen LogP contribution in [0.5, 0.6) is 0 Å². The molecule has 2 bridgehead atoms. The second-order valence-corrected chi connectivity index (χ2v) is 10.3. The molecule has 2 N–H and O–H groups in total. The third-order valence-corrected chi connectivity index (χ3v) is 6.35. The Morgan fingerprint density at radius 1 is 1.33 bits per heavy atom. The van der Waals surface area contributed by atoms with Gasteiger partial charge in [0.25, 0.3) is 11.5 Å². The Morgan fingerprint density at radius 2 is 1.97 bits per heavy atom. The van der Waals surface area contributed by atoms with Crippen molar-refractivity contribution in [3.05, 3.63) is 32.6 Å². The first-order valence-electron chi connectivity index (χ1n) is 9.65. The van der Waals surface area contributed by atoms with E-state index in [2.05, 4.69) is 4.98 Å². The highest BCUT2D eigenvalue weighted by Gasteiger charge is 2.71. The lowest BCUT2D eigenvalue weighted by atomic mass is 9.80. The number of nitrogens with one attached hydrogen (secondary N) is 1. The highest BCUT2D eigenvalue weighted by atomic mass is 31.2. The molecule has 2 fully saturated rings. The van der Waals surface area contributed by atoms with Gasteiger partial charge >= 0.3 is 13.5 Å². The number of hydrogen-bond donors (Lipinski definition) is 2. The van der Waals surface area contributed by atoms with Crippen LogP contribution < -0.4 is 11.2 Å². The van der Waals surface area contributed by atoms with Crippen molar-refractivity contribution in [3.8, 4) is 0 Å². The van der Waals surface area contributed by atoms with Gasteiger partial charge in [-0.05, 0) is 25.7 Å². The molecule has 30 heavy (non-hydrogen) atoms. The van der Waals surface area contributed by atoms with E-state index in [1.54, 1.807) is 6.92 Å². The molecule has 1 aromatic heterocycles. The predicted octanol–water partition coefficient (Wildman–Crippen LogP) is 0.912. The molecular weight excluding hydrogens is 417 g/mol. The lowest BCUT2D eigenvalue weighted by Crippen LogP contribution is -2.52. The molecule has 0 aliphatic carbocycles. The fourth-order valence-electron chi connectivity index (χ4n) is 4.26. The summed E-state index contributed by atoms with van der Waals surface area (Å²) in [7, 11) is -2.97. The first-order chi connectivity index (χ1) is 13.7. The van der Waals surface area contributed by atoms with Gasteiger partial charge in [0.1, 0.15) is 12.1 Å². The van der Waals surface area contributed by atoms with Crippen LogP contribution in [0.3, 0.4) is 0 Å². The number of phosphoric acid groups is 1. The number of carbonyl (C=O) groups excluding carboxylic acids is 1. The van der Waals surface area contributed by atoms with Crippen molar-refractivity contribution in [1.82, 2.24) is 14.5 Å². The summed E-state index contributed by atoms with van der Waals surface area (Å²) in [5.41, 5.74) is -2.98. The Morgan fingerprint density at radius 3 is 2.53 bits per heavy atom. The average Bonchev–Trinajstić information content (AvgIpc) is 2.97. The zero-order valence-electron chi connectivity index (χ0n) is 17.9. The first kappa shape index (κ1) is 22.9. The van der Waals surface area contributed by atoms with Crippen LogP contribution in [-0.2, 0) is 23.1 Å². The number of H-pyrrole nitrogens is 1. The van der Waals surface area contributed by atoms with E-state index in [-0.39, 0.29) is 18.6 Å². The minimum Gasteiger partial charge on any atom is -0.336 e. The van der Waals surface area contributed by atoms with Gasteiger partial charge in [-0.3, -0.25) is 28.2 Å². The van der Waals surface area contributed by atoms with Crippen LogP contribution in [0.1, 0.15) is 45.9 Å². The minimum absolute atomic E-state index is 0.0654. The molecule has 3 heterocycles. The summed E-state index contributed by atoms with van der Waals surface area (Å²) in [5, 5.41) is 0. The lowest BCUT2D eigenvalue weighted by molar-refractivity contribution is -0.180. The normalized spacial score (nSPS) is 30.7. The Balaban J connectivity index is 2.14. The maximum Gasteiger partial charge on any atom is 0.472 e. The third kappa shape index (κ3) is 3.80. The number of likely N-dealkylation sites (tertiary alicyclic amines) is 1. The second kappa shape index (κ2) is 7.42. The minimum atomic E-state index is -4.49. The van der Waals surface area contributed by atoms with E-state index in [1.165, 1.54) is 29.6 Å². The van der Waals surface area contributed by atoms with Gasteiger partial charge in [0.15, 0.2) is 11.8 Å². The van der Waals surface area contributed by atoms with Gasteiger partial charge < -0.3 is 14.5 Å². The van der Waals surface area contributed by atoms with Gasteiger partial charge in [-0.15, -0.1) is 0 Å². The highest BCUT2D eigenvalue weighted by molar-refractivity contribution is 7.47. The summed E-state index contributed by atoms with van der Waals surface area (Å²) in [6, 6.07) is -0.885. The van der Waals surface area contributed by atoms with Crippen LogP contribution in [0.25, 0.3) is 0 Å². The Kier molecular flexibility index (Phi) is 5.66. The number of nitrogens with zero attached hydrogens (tertiary/aromatic N) is 2. The fraction of sp³-hybridized carbons (Fsp3) is 0.722. The number of carbonyl (C=O) groups is 1. The number of fused-ring (bicyclic) bond motifs is 2. The summed E-state index contributed by atoms with van der Waals surface area (Å²) in [6.45, 7) is 8.70. The molecule has 0 aromatic carbocycles.